The topological polar surface area (TPSA) is 67.2 Å². The maximum absolute atomic E-state index is 11.3. The molecule has 0 amide bonds. The summed E-state index contributed by atoms with van der Waals surface area (Å²) in [5.41, 5.74) is 0.970. The highest BCUT2D eigenvalue weighted by molar-refractivity contribution is 6.32. The summed E-state index contributed by atoms with van der Waals surface area (Å²) in [4.78, 5) is 22.1. The molecule has 0 fully saturated rings. The Balaban J connectivity index is 3.09. The van der Waals surface area contributed by atoms with E-state index < -0.39 is 5.97 Å². The molecule has 0 radical (unpaired) electrons. The van der Waals surface area contributed by atoms with E-state index in [1.165, 1.54) is 12.1 Å². The van der Waals surface area contributed by atoms with Crippen LogP contribution in [0.5, 0.6) is 0 Å². The van der Waals surface area contributed by atoms with E-state index in [4.69, 9.17) is 21.6 Å². The molecular weight excluding hydrogens is 242 g/mol. The van der Waals surface area contributed by atoms with Gasteiger partial charge in [0.1, 0.15) is 12.4 Å². The van der Waals surface area contributed by atoms with E-state index in [0.717, 1.165) is 0 Å². The number of nitrogens with zero attached hydrogens (tertiary/aromatic N) is 1. The van der Waals surface area contributed by atoms with Crippen LogP contribution < -0.4 is 0 Å². The standard InChI is InChI=1S/C12H10ClNO3/c1-2-17-12(16)5-8-3-9(6-14)11(13)4-10(8)7-15/h3-4,7H,2,5H2,1H3. The summed E-state index contributed by atoms with van der Waals surface area (Å²) in [6.45, 7) is 1.97. The molecule has 0 spiro atoms. The van der Waals surface area contributed by atoms with E-state index in [0.29, 0.717) is 17.4 Å². The van der Waals surface area contributed by atoms with Crippen molar-refractivity contribution in [3.63, 3.8) is 0 Å². The van der Waals surface area contributed by atoms with Gasteiger partial charge in [-0.05, 0) is 24.6 Å². The van der Waals surface area contributed by atoms with Crippen molar-refractivity contribution in [2.45, 2.75) is 13.3 Å². The molecule has 0 aliphatic rings. The predicted octanol–water partition coefficient (Wildman–Crippen LogP) is 2.13. The zero-order chi connectivity index (χ0) is 12.8. The van der Waals surface area contributed by atoms with E-state index in [9.17, 15) is 9.59 Å². The maximum Gasteiger partial charge on any atom is 0.310 e. The lowest BCUT2D eigenvalue weighted by molar-refractivity contribution is -0.142. The number of hydrogen-bond donors (Lipinski definition) is 0. The van der Waals surface area contributed by atoms with Gasteiger partial charge in [-0.3, -0.25) is 9.59 Å². The Kier molecular flexibility index (Phi) is 4.68. The fourth-order valence-corrected chi connectivity index (χ4v) is 1.56. The quantitative estimate of drug-likeness (QED) is 0.607. The SMILES string of the molecule is CCOC(=O)Cc1cc(C#N)c(Cl)cc1C=O. The van der Waals surface area contributed by atoms with Crippen molar-refractivity contribution < 1.29 is 14.3 Å². The number of esters is 1. The predicted molar refractivity (Wildman–Crippen MR) is 61.9 cm³/mol. The summed E-state index contributed by atoms with van der Waals surface area (Å²) in [6, 6.07) is 4.70. The third-order valence-corrected chi connectivity index (χ3v) is 2.43. The van der Waals surface area contributed by atoms with Gasteiger partial charge < -0.3 is 4.74 Å². The third kappa shape index (κ3) is 3.30. The molecule has 4 nitrogen and oxygen atoms in total. The van der Waals surface area contributed by atoms with Crippen molar-refractivity contribution in [2.75, 3.05) is 6.61 Å². The van der Waals surface area contributed by atoms with Crippen LogP contribution in [-0.2, 0) is 16.0 Å². The molecule has 5 heteroatoms. The van der Waals surface area contributed by atoms with E-state index in [2.05, 4.69) is 0 Å². The zero-order valence-electron chi connectivity index (χ0n) is 9.20. The highest BCUT2D eigenvalue weighted by Gasteiger charge is 2.12. The molecule has 0 saturated carbocycles. The number of halogens is 1. The first-order valence-electron chi connectivity index (χ1n) is 4.95. The smallest absolute Gasteiger partial charge is 0.310 e. The van der Waals surface area contributed by atoms with Gasteiger partial charge in [-0.1, -0.05) is 11.6 Å². The van der Waals surface area contributed by atoms with Gasteiger partial charge in [-0.2, -0.15) is 5.26 Å². The number of nitriles is 1. The summed E-state index contributed by atoms with van der Waals surface area (Å²) >= 11 is 5.78. The van der Waals surface area contributed by atoms with E-state index >= 15 is 0 Å². The molecule has 0 heterocycles. The average molecular weight is 252 g/mol. The molecule has 0 N–H and O–H groups in total. The van der Waals surface area contributed by atoms with Gasteiger partial charge in [0.25, 0.3) is 0 Å². The first kappa shape index (κ1) is 13.2. The fourth-order valence-electron chi connectivity index (χ4n) is 1.35. The van der Waals surface area contributed by atoms with Gasteiger partial charge in [-0.25, -0.2) is 0 Å². The van der Waals surface area contributed by atoms with Gasteiger partial charge in [0, 0.05) is 5.56 Å². The second-order valence-corrected chi connectivity index (χ2v) is 3.65. The lowest BCUT2D eigenvalue weighted by atomic mass is 10.0. The van der Waals surface area contributed by atoms with E-state index in [1.807, 2.05) is 6.07 Å². The molecule has 1 rings (SSSR count). The van der Waals surface area contributed by atoms with Gasteiger partial charge >= 0.3 is 5.97 Å². The Morgan fingerprint density at radius 2 is 2.29 bits per heavy atom. The number of aldehydes is 1. The van der Waals surface area contributed by atoms with Gasteiger partial charge in [0.15, 0.2) is 0 Å². The fraction of sp³-hybridized carbons (Fsp3) is 0.250. The number of rotatable bonds is 4. The van der Waals surface area contributed by atoms with Crippen molar-refractivity contribution in [1.29, 1.82) is 5.26 Å². The summed E-state index contributed by atoms with van der Waals surface area (Å²) < 4.78 is 4.78. The van der Waals surface area contributed by atoms with Crippen molar-refractivity contribution in [3.8, 4) is 6.07 Å². The zero-order valence-corrected chi connectivity index (χ0v) is 9.95. The molecule has 88 valence electrons. The Morgan fingerprint density at radius 1 is 1.59 bits per heavy atom. The van der Waals surface area contributed by atoms with Gasteiger partial charge in [0.05, 0.1) is 23.6 Å². The minimum atomic E-state index is -0.443. The van der Waals surface area contributed by atoms with Crippen LogP contribution in [0.1, 0.15) is 28.4 Å². The molecule has 0 aliphatic carbocycles. The number of carbonyl (C=O) groups excluding carboxylic acids is 2. The minimum absolute atomic E-state index is 0.0479. The number of benzene rings is 1. The Hall–Kier alpha value is -1.86. The van der Waals surface area contributed by atoms with Crippen LogP contribution >= 0.6 is 11.6 Å². The number of hydrogen-bond acceptors (Lipinski definition) is 4. The third-order valence-electron chi connectivity index (χ3n) is 2.12. The van der Waals surface area contributed by atoms with Crippen molar-refractivity contribution in [1.82, 2.24) is 0 Å². The molecule has 0 saturated heterocycles. The largest absolute Gasteiger partial charge is 0.466 e. The highest BCUT2D eigenvalue weighted by Crippen LogP contribution is 2.20. The first-order chi connectivity index (χ1) is 8.12. The van der Waals surface area contributed by atoms with E-state index in [-0.39, 0.29) is 23.6 Å². The summed E-state index contributed by atoms with van der Waals surface area (Å²) in [5.74, 6) is -0.443. The monoisotopic (exact) mass is 251 g/mol. The molecule has 17 heavy (non-hydrogen) atoms. The molecule has 0 unspecified atom stereocenters. The number of ether oxygens (including phenoxy) is 1. The van der Waals surface area contributed by atoms with Crippen LogP contribution in [0.25, 0.3) is 0 Å². The minimum Gasteiger partial charge on any atom is -0.466 e. The normalized spacial score (nSPS) is 9.47. The molecule has 0 aromatic heterocycles. The molecular formula is C12H10ClNO3. The van der Waals surface area contributed by atoms with Gasteiger partial charge in [0.2, 0.25) is 0 Å². The Labute approximate surface area is 104 Å². The highest BCUT2D eigenvalue weighted by atomic mass is 35.5. The molecule has 0 aliphatic heterocycles. The molecule has 0 bridgehead atoms. The van der Waals surface area contributed by atoms with Crippen LogP contribution in [-0.4, -0.2) is 18.9 Å². The Bertz CT molecular complexity index is 491. The van der Waals surface area contributed by atoms with Crippen LogP contribution in [0.15, 0.2) is 12.1 Å². The van der Waals surface area contributed by atoms with Crippen LogP contribution in [0, 0.1) is 11.3 Å². The van der Waals surface area contributed by atoms with Crippen LogP contribution in [0.3, 0.4) is 0 Å². The molecule has 1 aromatic carbocycles. The lowest BCUT2D eigenvalue weighted by Gasteiger charge is -2.06. The second kappa shape index (κ2) is 6.02. The van der Waals surface area contributed by atoms with Crippen molar-refractivity contribution in [2.24, 2.45) is 0 Å². The number of carbonyl (C=O) groups is 2. The van der Waals surface area contributed by atoms with Crippen LogP contribution in [0.2, 0.25) is 5.02 Å². The Morgan fingerprint density at radius 3 is 2.82 bits per heavy atom. The summed E-state index contributed by atoms with van der Waals surface area (Å²) in [7, 11) is 0. The van der Waals surface area contributed by atoms with Crippen molar-refractivity contribution in [3.05, 3.63) is 33.8 Å². The lowest BCUT2D eigenvalue weighted by Crippen LogP contribution is -2.09. The van der Waals surface area contributed by atoms with Crippen molar-refractivity contribution >= 4 is 23.9 Å². The van der Waals surface area contributed by atoms with E-state index in [1.54, 1.807) is 6.92 Å². The summed E-state index contributed by atoms with van der Waals surface area (Å²) in [6.07, 6.45) is 0.551. The molecule has 1 aromatic rings. The molecule has 0 atom stereocenters. The maximum atomic E-state index is 11.3. The summed E-state index contributed by atoms with van der Waals surface area (Å²) in [5, 5.41) is 9.00. The average Bonchev–Trinajstić information content (AvgIpc) is 2.31. The van der Waals surface area contributed by atoms with Gasteiger partial charge in [-0.15, -0.1) is 0 Å². The second-order valence-electron chi connectivity index (χ2n) is 3.24. The van der Waals surface area contributed by atoms with Crippen LogP contribution in [0.4, 0.5) is 0 Å². The first-order valence-corrected chi connectivity index (χ1v) is 5.33.